The van der Waals surface area contributed by atoms with Gasteiger partial charge in [0, 0.05) is 13.7 Å². The lowest BCUT2D eigenvalue weighted by Crippen LogP contribution is -2.53. The SMILES string of the molecule is COC1COCCC1NC(=O)[C@@H](C)N. The molecule has 0 saturated carbocycles. The molecule has 0 aromatic rings. The van der Waals surface area contributed by atoms with Crippen LogP contribution < -0.4 is 11.1 Å². The zero-order chi connectivity index (χ0) is 10.6. The van der Waals surface area contributed by atoms with Gasteiger partial charge in [0.1, 0.15) is 6.10 Å². The molecule has 1 rings (SSSR count). The molecule has 3 N–H and O–H groups in total. The Labute approximate surface area is 83.9 Å². The van der Waals surface area contributed by atoms with E-state index in [1.165, 1.54) is 0 Å². The van der Waals surface area contributed by atoms with Gasteiger partial charge in [0.25, 0.3) is 0 Å². The van der Waals surface area contributed by atoms with Crippen molar-refractivity contribution >= 4 is 5.91 Å². The van der Waals surface area contributed by atoms with E-state index in [0.717, 1.165) is 6.42 Å². The smallest absolute Gasteiger partial charge is 0.236 e. The summed E-state index contributed by atoms with van der Waals surface area (Å²) in [5.74, 6) is -0.140. The van der Waals surface area contributed by atoms with E-state index in [-0.39, 0.29) is 18.1 Å². The molecule has 5 nitrogen and oxygen atoms in total. The van der Waals surface area contributed by atoms with E-state index < -0.39 is 6.04 Å². The standard InChI is InChI=1S/C9H18N2O3/c1-6(10)9(12)11-7-3-4-14-5-8(7)13-2/h6-8H,3-5,10H2,1-2H3,(H,11,12)/t6-,7?,8?/m1/s1. The first kappa shape index (κ1) is 11.4. The third-order valence-corrected chi connectivity index (χ3v) is 2.35. The molecule has 0 spiro atoms. The van der Waals surface area contributed by atoms with Crippen LogP contribution in [0.25, 0.3) is 0 Å². The minimum atomic E-state index is -0.477. The van der Waals surface area contributed by atoms with Gasteiger partial charge in [-0.1, -0.05) is 0 Å². The van der Waals surface area contributed by atoms with Crippen molar-refractivity contribution in [2.45, 2.75) is 31.5 Å². The van der Waals surface area contributed by atoms with E-state index in [9.17, 15) is 4.79 Å². The van der Waals surface area contributed by atoms with Crippen LogP contribution in [0.2, 0.25) is 0 Å². The average Bonchev–Trinajstić information content (AvgIpc) is 2.18. The van der Waals surface area contributed by atoms with Gasteiger partial charge in [-0.3, -0.25) is 4.79 Å². The number of hydrogen-bond donors (Lipinski definition) is 2. The summed E-state index contributed by atoms with van der Waals surface area (Å²) in [6, 6.07) is -0.456. The van der Waals surface area contributed by atoms with Crippen LogP contribution in [0.3, 0.4) is 0 Å². The lowest BCUT2D eigenvalue weighted by atomic mass is 10.1. The molecule has 1 amide bonds. The lowest BCUT2D eigenvalue weighted by Gasteiger charge is -2.31. The predicted molar refractivity (Wildman–Crippen MR) is 51.8 cm³/mol. The van der Waals surface area contributed by atoms with E-state index in [0.29, 0.717) is 13.2 Å². The molecule has 0 aliphatic carbocycles. The van der Waals surface area contributed by atoms with Crippen LogP contribution in [0, 0.1) is 0 Å². The van der Waals surface area contributed by atoms with Crippen molar-refractivity contribution in [3.8, 4) is 0 Å². The lowest BCUT2D eigenvalue weighted by molar-refractivity contribution is -0.126. The second-order valence-electron chi connectivity index (χ2n) is 3.54. The molecule has 0 aromatic heterocycles. The highest BCUT2D eigenvalue weighted by Gasteiger charge is 2.27. The van der Waals surface area contributed by atoms with Gasteiger partial charge in [-0.2, -0.15) is 0 Å². The van der Waals surface area contributed by atoms with Gasteiger partial charge in [0.05, 0.1) is 18.7 Å². The van der Waals surface area contributed by atoms with E-state index in [1.807, 2.05) is 0 Å². The first-order valence-electron chi connectivity index (χ1n) is 4.81. The summed E-state index contributed by atoms with van der Waals surface area (Å²) in [4.78, 5) is 11.3. The van der Waals surface area contributed by atoms with Crippen molar-refractivity contribution < 1.29 is 14.3 Å². The maximum atomic E-state index is 11.3. The molecule has 0 bridgehead atoms. The molecular weight excluding hydrogens is 184 g/mol. The highest BCUT2D eigenvalue weighted by atomic mass is 16.5. The molecule has 5 heteroatoms. The Morgan fingerprint density at radius 3 is 3.00 bits per heavy atom. The quantitative estimate of drug-likeness (QED) is 0.632. The Kier molecular flexibility index (Phi) is 4.31. The molecule has 1 aliphatic rings. The summed E-state index contributed by atoms with van der Waals surface area (Å²) in [5.41, 5.74) is 5.46. The van der Waals surface area contributed by atoms with Gasteiger partial charge in [-0.05, 0) is 13.3 Å². The topological polar surface area (TPSA) is 73.6 Å². The van der Waals surface area contributed by atoms with Crippen molar-refractivity contribution in [2.75, 3.05) is 20.3 Å². The van der Waals surface area contributed by atoms with Crippen LogP contribution in [-0.4, -0.2) is 44.4 Å². The minimum absolute atomic E-state index is 0.0206. The molecule has 2 unspecified atom stereocenters. The monoisotopic (exact) mass is 202 g/mol. The Morgan fingerprint density at radius 2 is 2.43 bits per heavy atom. The van der Waals surface area contributed by atoms with Gasteiger partial charge in [0.2, 0.25) is 5.91 Å². The third-order valence-electron chi connectivity index (χ3n) is 2.35. The molecule has 82 valence electrons. The molecule has 1 saturated heterocycles. The van der Waals surface area contributed by atoms with E-state index >= 15 is 0 Å². The van der Waals surface area contributed by atoms with Crippen LogP contribution in [-0.2, 0) is 14.3 Å². The summed E-state index contributed by atoms with van der Waals surface area (Å²) >= 11 is 0. The van der Waals surface area contributed by atoms with Gasteiger partial charge in [0.15, 0.2) is 0 Å². The van der Waals surface area contributed by atoms with Crippen LogP contribution in [0.4, 0.5) is 0 Å². The van der Waals surface area contributed by atoms with E-state index in [4.69, 9.17) is 15.2 Å². The summed E-state index contributed by atoms with van der Waals surface area (Å²) in [6.45, 7) is 2.85. The van der Waals surface area contributed by atoms with Crippen molar-refractivity contribution in [1.82, 2.24) is 5.32 Å². The van der Waals surface area contributed by atoms with Crippen molar-refractivity contribution in [2.24, 2.45) is 5.73 Å². The summed E-state index contributed by atoms with van der Waals surface area (Å²) < 4.78 is 10.4. The van der Waals surface area contributed by atoms with Crippen LogP contribution >= 0.6 is 0 Å². The van der Waals surface area contributed by atoms with Crippen LogP contribution in [0.15, 0.2) is 0 Å². The Morgan fingerprint density at radius 1 is 1.71 bits per heavy atom. The van der Waals surface area contributed by atoms with Gasteiger partial charge < -0.3 is 20.5 Å². The molecule has 3 atom stereocenters. The summed E-state index contributed by atoms with van der Waals surface area (Å²) in [5, 5.41) is 2.85. The highest BCUT2D eigenvalue weighted by Crippen LogP contribution is 2.10. The van der Waals surface area contributed by atoms with Gasteiger partial charge in [-0.15, -0.1) is 0 Å². The number of carbonyl (C=O) groups excluding carboxylic acids is 1. The number of ether oxygens (including phenoxy) is 2. The Balaban J connectivity index is 2.44. The molecule has 14 heavy (non-hydrogen) atoms. The fraction of sp³-hybridized carbons (Fsp3) is 0.889. The van der Waals surface area contributed by atoms with E-state index in [1.54, 1.807) is 14.0 Å². The molecule has 1 fully saturated rings. The fourth-order valence-corrected chi connectivity index (χ4v) is 1.42. The van der Waals surface area contributed by atoms with Crippen molar-refractivity contribution in [1.29, 1.82) is 0 Å². The highest BCUT2D eigenvalue weighted by molar-refractivity contribution is 5.81. The zero-order valence-corrected chi connectivity index (χ0v) is 8.66. The van der Waals surface area contributed by atoms with Crippen LogP contribution in [0.1, 0.15) is 13.3 Å². The summed E-state index contributed by atoms with van der Waals surface area (Å²) in [7, 11) is 1.62. The third kappa shape index (κ3) is 2.94. The molecule has 0 aromatic carbocycles. The summed E-state index contributed by atoms with van der Waals surface area (Å²) in [6.07, 6.45) is 0.711. The fourth-order valence-electron chi connectivity index (χ4n) is 1.42. The van der Waals surface area contributed by atoms with E-state index in [2.05, 4.69) is 5.32 Å². The largest absolute Gasteiger partial charge is 0.379 e. The molecule has 1 heterocycles. The normalized spacial score (nSPS) is 29.6. The number of nitrogens with one attached hydrogen (secondary N) is 1. The van der Waals surface area contributed by atoms with Gasteiger partial charge in [-0.25, -0.2) is 0 Å². The number of nitrogens with two attached hydrogens (primary N) is 1. The second-order valence-corrected chi connectivity index (χ2v) is 3.54. The maximum absolute atomic E-state index is 11.3. The Bertz CT molecular complexity index is 196. The second kappa shape index (κ2) is 5.29. The Hall–Kier alpha value is -0.650. The van der Waals surface area contributed by atoms with Crippen molar-refractivity contribution in [3.05, 3.63) is 0 Å². The molecular formula is C9H18N2O3. The van der Waals surface area contributed by atoms with Crippen LogP contribution in [0.5, 0.6) is 0 Å². The van der Waals surface area contributed by atoms with Gasteiger partial charge >= 0.3 is 0 Å². The van der Waals surface area contributed by atoms with Crippen molar-refractivity contribution in [3.63, 3.8) is 0 Å². The number of methoxy groups -OCH3 is 1. The number of amides is 1. The number of rotatable bonds is 3. The minimum Gasteiger partial charge on any atom is -0.379 e. The number of carbonyl (C=O) groups is 1. The number of hydrogen-bond acceptors (Lipinski definition) is 4. The first-order valence-corrected chi connectivity index (χ1v) is 4.81. The molecule has 0 radical (unpaired) electrons. The zero-order valence-electron chi connectivity index (χ0n) is 8.66. The molecule has 1 aliphatic heterocycles. The maximum Gasteiger partial charge on any atom is 0.236 e. The first-order chi connectivity index (χ1) is 6.65. The average molecular weight is 202 g/mol. The predicted octanol–water partition coefficient (Wildman–Crippen LogP) is -0.746.